The molecule has 0 spiro atoms. The molecule has 43 heavy (non-hydrogen) atoms. The number of fused-ring (bicyclic) bond motifs is 2. The van der Waals surface area contributed by atoms with E-state index in [1.54, 1.807) is 24.3 Å². The Morgan fingerprint density at radius 3 is 1.51 bits per heavy atom. The number of ether oxygens (including phenoxy) is 6. The van der Waals surface area contributed by atoms with Crippen LogP contribution < -0.4 is 9.47 Å². The molecular formula is C34H27NO8. The summed E-state index contributed by atoms with van der Waals surface area (Å²) >= 11 is 0. The van der Waals surface area contributed by atoms with Gasteiger partial charge in [0.15, 0.2) is 0 Å². The van der Waals surface area contributed by atoms with E-state index in [4.69, 9.17) is 28.4 Å². The average molecular weight is 578 g/mol. The summed E-state index contributed by atoms with van der Waals surface area (Å²) in [6, 6.07) is 25.7. The highest BCUT2D eigenvalue weighted by Gasteiger charge is 2.25. The van der Waals surface area contributed by atoms with Crippen LogP contribution in [0.3, 0.4) is 0 Å². The smallest absolute Gasteiger partial charge is 0.338 e. The molecule has 4 aromatic carbocycles. The van der Waals surface area contributed by atoms with Gasteiger partial charge in [-0.1, -0.05) is 24.3 Å². The highest BCUT2D eigenvalue weighted by molar-refractivity contribution is 5.96. The SMILES string of the molecule is Cc1cc(Oc2ccc3cc(C(=O)OCC4CO4)ccc3c2)nc(Oc2ccc3cc(C(=O)OCC4CO4)ccc3c2)c1. The van der Waals surface area contributed by atoms with E-state index in [0.29, 0.717) is 47.6 Å². The first-order valence-corrected chi connectivity index (χ1v) is 13.9. The van der Waals surface area contributed by atoms with Crippen molar-refractivity contribution in [1.82, 2.24) is 4.98 Å². The first kappa shape index (κ1) is 26.9. The van der Waals surface area contributed by atoms with Crippen LogP contribution in [-0.2, 0) is 18.9 Å². The Kier molecular flexibility index (Phi) is 7.10. The third kappa shape index (κ3) is 6.58. The average Bonchev–Trinajstić information content (AvgIpc) is 3.94. The molecule has 0 aliphatic carbocycles. The van der Waals surface area contributed by atoms with Crippen LogP contribution in [0.4, 0.5) is 0 Å². The van der Waals surface area contributed by atoms with E-state index < -0.39 is 0 Å². The molecule has 2 saturated heterocycles. The Balaban J connectivity index is 1.03. The fraction of sp³-hybridized carbons (Fsp3) is 0.206. The van der Waals surface area contributed by atoms with E-state index in [9.17, 15) is 9.59 Å². The normalized spacial score (nSPS) is 17.0. The molecule has 2 aliphatic rings. The van der Waals surface area contributed by atoms with Gasteiger partial charge >= 0.3 is 11.9 Å². The van der Waals surface area contributed by atoms with Crippen molar-refractivity contribution in [2.75, 3.05) is 26.4 Å². The van der Waals surface area contributed by atoms with E-state index in [0.717, 1.165) is 27.1 Å². The lowest BCUT2D eigenvalue weighted by Crippen LogP contribution is -2.09. The molecule has 9 heteroatoms. The number of rotatable bonds is 10. The van der Waals surface area contributed by atoms with Crippen LogP contribution in [0.5, 0.6) is 23.3 Å². The first-order valence-electron chi connectivity index (χ1n) is 13.9. The third-order valence-corrected chi connectivity index (χ3v) is 7.07. The molecule has 3 heterocycles. The van der Waals surface area contributed by atoms with E-state index >= 15 is 0 Å². The molecule has 0 bridgehead atoms. The number of aromatic nitrogens is 1. The predicted molar refractivity (Wildman–Crippen MR) is 157 cm³/mol. The summed E-state index contributed by atoms with van der Waals surface area (Å²) < 4.78 is 32.9. The molecule has 2 atom stereocenters. The Labute approximate surface area is 246 Å². The number of pyridine rings is 1. The van der Waals surface area contributed by atoms with Gasteiger partial charge in [0, 0.05) is 12.1 Å². The molecule has 2 unspecified atom stereocenters. The standard InChI is InChI=1S/C34H27NO8/c1-20-10-31(42-27-8-6-21-12-25(4-2-23(21)14-27)33(36)40-18-29-16-38-29)35-32(11-20)43-28-9-7-22-13-26(5-3-24(22)15-28)34(37)41-19-30-17-39-30/h2-15,29-30H,16-19H2,1H3. The van der Waals surface area contributed by atoms with Gasteiger partial charge in [0.1, 0.15) is 36.9 Å². The number of epoxide rings is 2. The second-order valence-corrected chi connectivity index (χ2v) is 10.6. The monoisotopic (exact) mass is 577 g/mol. The summed E-state index contributed by atoms with van der Waals surface area (Å²) in [5, 5.41) is 3.60. The maximum atomic E-state index is 12.3. The molecule has 0 radical (unpaired) electrons. The van der Waals surface area contributed by atoms with Crippen molar-refractivity contribution in [1.29, 1.82) is 0 Å². The minimum Gasteiger partial charge on any atom is -0.459 e. The number of nitrogens with zero attached hydrogens (tertiary/aromatic N) is 1. The minimum absolute atomic E-state index is 0.0258. The van der Waals surface area contributed by atoms with E-state index in [-0.39, 0.29) is 37.4 Å². The molecule has 0 saturated carbocycles. The Bertz CT molecular complexity index is 1730. The highest BCUT2D eigenvalue weighted by Crippen LogP contribution is 2.31. The summed E-state index contributed by atoms with van der Waals surface area (Å²) in [6.07, 6.45) is 0.0516. The van der Waals surface area contributed by atoms with Crippen molar-refractivity contribution in [2.24, 2.45) is 0 Å². The van der Waals surface area contributed by atoms with Crippen molar-refractivity contribution in [2.45, 2.75) is 19.1 Å². The summed E-state index contributed by atoms with van der Waals surface area (Å²) in [5.41, 5.74) is 1.89. The molecule has 7 rings (SSSR count). The van der Waals surface area contributed by atoms with Crippen LogP contribution in [0, 0.1) is 6.92 Å². The van der Waals surface area contributed by atoms with Crippen LogP contribution in [-0.4, -0.2) is 55.6 Å². The van der Waals surface area contributed by atoms with Crippen molar-refractivity contribution in [3.63, 3.8) is 0 Å². The number of hydrogen-bond acceptors (Lipinski definition) is 9. The zero-order valence-corrected chi connectivity index (χ0v) is 23.3. The van der Waals surface area contributed by atoms with Crippen LogP contribution in [0.15, 0.2) is 84.9 Å². The summed E-state index contributed by atoms with van der Waals surface area (Å²) in [5.74, 6) is 1.23. The quantitative estimate of drug-likeness (QED) is 0.138. The summed E-state index contributed by atoms with van der Waals surface area (Å²) in [6.45, 7) is 3.76. The van der Waals surface area contributed by atoms with Gasteiger partial charge in [-0.3, -0.25) is 0 Å². The van der Waals surface area contributed by atoms with E-state index in [2.05, 4.69) is 4.98 Å². The molecule has 0 amide bonds. The maximum Gasteiger partial charge on any atom is 0.338 e. The molecular weight excluding hydrogens is 550 g/mol. The van der Waals surface area contributed by atoms with Crippen molar-refractivity contribution in [3.8, 4) is 23.3 Å². The van der Waals surface area contributed by atoms with E-state index in [1.165, 1.54) is 0 Å². The zero-order chi connectivity index (χ0) is 29.3. The molecule has 0 N–H and O–H groups in total. The Morgan fingerprint density at radius 1 is 0.651 bits per heavy atom. The van der Waals surface area contributed by atoms with Gasteiger partial charge in [0.05, 0.1) is 24.3 Å². The second-order valence-electron chi connectivity index (χ2n) is 10.6. The van der Waals surface area contributed by atoms with Gasteiger partial charge in [-0.05, 0) is 82.6 Å². The fourth-order valence-electron chi connectivity index (χ4n) is 4.61. The molecule has 1 aromatic heterocycles. The zero-order valence-electron chi connectivity index (χ0n) is 23.3. The van der Waals surface area contributed by atoms with Crippen molar-refractivity contribution >= 4 is 33.5 Å². The second kappa shape index (κ2) is 11.4. The largest absolute Gasteiger partial charge is 0.459 e. The van der Waals surface area contributed by atoms with Gasteiger partial charge < -0.3 is 28.4 Å². The maximum absolute atomic E-state index is 12.3. The first-order chi connectivity index (χ1) is 20.9. The minimum atomic E-state index is -0.370. The van der Waals surface area contributed by atoms with Crippen LogP contribution in [0.25, 0.3) is 21.5 Å². The number of carbonyl (C=O) groups excluding carboxylic acids is 2. The third-order valence-electron chi connectivity index (χ3n) is 7.07. The molecule has 216 valence electrons. The predicted octanol–water partition coefficient (Wildman–Crippen LogP) is 6.39. The summed E-state index contributed by atoms with van der Waals surface area (Å²) in [7, 11) is 0. The highest BCUT2D eigenvalue weighted by atomic mass is 16.6. The Hall–Kier alpha value is -4.99. The lowest BCUT2D eigenvalue weighted by molar-refractivity contribution is 0.0469. The molecule has 5 aromatic rings. The van der Waals surface area contributed by atoms with Gasteiger partial charge in [-0.2, -0.15) is 4.98 Å². The molecule has 2 aliphatic heterocycles. The van der Waals surface area contributed by atoms with Gasteiger partial charge in [0.25, 0.3) is 0 Å². The molecule has 2 fully saturated rings. The van der Waals surface area contributed by atoms with E-state index in [1.807, 2.05) is 67.6 Å². The number of aryl methyl sites for hydroxylation is 1. The summed E-state index contributed by atoms with van der Waals surface area (Å²) in [4.78, 5) is 29.2. The van der Waals surface area contributed by atoms with Crippen LogP contribution in [0.2, 0.25) is 0 Å². The number of benzene rings is 4. The fourth-order valence-corrected chi connectivity index (χ4v) is 4.61. The topological polar surface area (TPSA) is 109 Å². The number of hydrogen-bond donors (Lipinski definition) is 0. The number of esters is 2. The van der Waals surface area contributed by atoms with Gasteiger partial charge in [-0.15, -0.1) is 0 Å². The number of carbonyl (C=O) groups is 2. The van der Waals surface area contributed by atoms with Crippen LogP contribution >= 0.6 is 0 Å². The van der Waals surface area contributed by atoms with Gasteiger partial charge in [0.2, 0.25) is 11.8 Å². The lowest BCUT2D eigenvalue weighted by Gasteiger charge is -2.11. The van der Waals surface area contributed by atoms with Crippen LogP contribution in [0.1, 0.15) is 26.3 Å². The lowest BCUT2D eigenvalue weighted by atomic mass is 10.1. The van der Waals surface area contributed by atoms with Gasteiger partial charge in [-0.25, -0.2) is 9.59 Å². The molecule has 9 nitrogen and oxygen atoms in total. The Morgan fingerprint density at radius 2 is 1.07 bits per heavy atom. The van der Waals surface area contributed by atoms with Crippen molar-refractivity contribution in [3.05, 3.63) is 102 Å². The van der Waals surface area contributed by atoms with Crippen molar-refractivity contribution < 1.29 is 38.0 Å².